The zero-order valence-electron chi connectivity index (χ0n) is 13.4. The average molecular weight is 321 g/mol. The van der Waals surface area contributed by atoms with Gasteiger partial charge in [-0.05, 0) is 50.7 Å². The van der Waals surface area contributed by atoms with Crippen LogP contribution < -0.4 is 0 Å². The first kappa shape index (κ1) is 15.7. The van der Waals surface area contributed by atoms with Crippen molar-refractivity contribution in [1.82, 2.24) is 4.31 Å². The fourth-order valence-corrected chi connectivity index (χ4v) is 4.66. The van der Waals surface area contributed by atoms with Crippen LogP contribution in [0.4, 0.5) is 0 Å². The molecule has 5 heteroatoms. The minimum Gasteiger partial charge on any atom is -0.298 e. The number of Topliss-reactive ketones (excluding diaryl/α,β-unsaturated/α-hetero) is 1. The lowest BCUT2D eigenvalue weighted by atomic mass is 9.96. The molecule has 0 aromatic heterocycles. The molecule has 2 fully saturated rings. The number of sulfonamides is 1. The van der Waals surface area contributed by atoms with Crippen LogP contribution in [0.25, 0.3) is 0 Å². The highest BCUT2D eigenvalue weighted by Crippen LogP contribution is 2.46. The third kappa shape index (κ3) is 2.61. The van der Waals surface area contributed by atoms with Gasteiger partial charge in [0.1, 0.15) is 5.78 Å². The van der Waals surface area contributed by atoms with Crippen LogP contribution in [0.5, 0.6) is 0 Å². The molecule has 22 heavy (non-hydrogen) atoms. The second kappa shape index (κ2) is 5.17. The van der Waals surface area contributed by atoms with Gasteiger partial charge in [-0.15, -0.1) is 0 Å². The monoisotopic (exact) mass is 321 g/mol. The van der Waals surface area contributed by atoms with Gasteiger partial charge in [-0.2, -0.15) is 4.31 Å². The standard InChI is InChI=1S/C17H23NO3S/c1-17(2,3)22(20,21)18-11-13(19)10-16(18)15-7-5-4-6-14(15)12-8-9-12/h4-7,12,16H,8-11H2,1-3H3. The minimum atomic E-state index is -3.52. The molecule has 1 unspecified atom stereocenters. The Balaban J connectivity index is 2.04. The van der Waals surface area contributed by atoms with Crippen LogP contribution in [0.2, 0.25) is 0 Å². The fourth-order valence-electron chi connectivity index (χ4n) is 3.12. The van der Waals surface area contributed by atoms with Gasteiger partial charge in [0.2, 0.25) is 10.0 Å². The van der Waals surface area contributed by atoms with Crippen molar-refractivity contribution in [2.24, 2.45) is 0 Å². The number of hydrogen-bond donors (Lipinski definition) is 0. The van der Waals surface area contributed by atoms with Gasteiger partial charge in [0.05, 0.1) is 17.3 Å². The molecule has 1 atom stereocenters. The normalized spacial score (nSPS) is 24.0. The SMILES string of the molecule is CC(C)(C)S(=O)(=O)N1CC(=O)CC1c1ccccc1C1CC1. The number of rotatable bonds is 3. The lowest BCUT2D eigenvalue weighted by molar-refractivity contribution is -0.116. The summed E-state index contributed by atoms with van der Waals surface area (Å²) < 4.78 is 26.2. The first-order valence-corrected chi connectivity index (χ1v) is 9.28. The van der Waals surface area contributed by atoms with E-state index in [1.54, 1.807) is 20.8 Å². The van der Waals surface area contributed by atoms with Crippen LogP contribution in [0, 0.1) is 0 Å². The number of hydrogen-bond acceptors (Lipinski definition) is 3. The van der Waals surface area contributed by atoms with Crippen LogP contribution in [0.1, 0.15) is 63.1 Å². The van der Waals surface area contributed by atoms with Gasteiger partial charge in [0, 0.05) is 6.42 Å². The quantitative estimate of drug-likeness (QED) is 0.860. The second-order valence-electron chi connectivity index (χ2n) is 7.32. The average Bonchev–Trinajstić information content (AvgIpc) is 3.20. The number of benzene rings is 1. The fraction of sp³-hybridized carbons (Fsp3) is 0.588. The number of nitrogens with zero attached hydrogens (tertiary/aromatic N) is 1. The molecule has 2 aliphatic rings. The third-order valence-corrected chi connectivity index (χ3v) is 7.10. The van der Waals surface area contributed by atoms with E-state index in [1.807, 2.05) is 18.2 Å². The van der Waals surface area contributed by atoms with Gasteiger partial charge in [-0.1, -0.05) is 24.3 Å². The summed E-state index contributed by atoms with van der Waals surface area (Å²) in [6, 6.07) is 7.66. The van der Waals surface area contributed by atoms with Crippen LogP contribution in [0.3, 0.4) is 0 Å². The Morgan fingerprint density at radius 1 is 1.09 bits per heavy atom. The summed E-state index contributed by atoms with van der Waals surface area (Å²) in [7, 11) is -3.52. The molecule has 1 aromatic carbocycles. The van der Waals surface area contributed by atoms with Gasteiger partial charge in [0.25, 0.3) is 0 Å². The summed E-state index contributed by atoms with van der Waals surface area (Å²) >= 11 is 0. The van der Waals surface area contributed by atoms with E-state index in [4.69, 9.17) is 0 Å². The Morgan fingerprint density at radius 2 is 1.68 bits per heavy atom. The molecular formula is C17H23NO3S. The van der Waals surface area contributed by atoms with Crippen molar-refractivity contribution in [3.05, 3.63) is 35.4 Å². The summed E-state index contributed by atoms with van der Waals surface area (Å²) in [6.07, 6.45) is 2.60. The van der Waals surface area contributed by atoms with E-state index in [2.05, 4.69) is 6.07 Å². The summed E-state index contributed by atoms with van der Waals surface area (Å²) in [5.41, 5.74) is 2.24. The molecular weight excluding hydrogens is 298 g/mol. The predicted octanol–water partition coefficient (Wildman–Crippen LogP) is 3.01. The maximum Gasteiger partial charge on any atom is 0.220 e. The molecule has 0 spiro atoms. The van der Waals surface area contributed by atoms with Crippen molar-refractivity contribution in [2.75, 3.05) is 6.54 Å². The van der Waals surface area contributed by atoms with E-state index < -0.39 is 14.8 Å². The van der Waals surface area contributed by atoms with Crippen molar-refractivity contribution in [3.8, 4) is 0 Å². The largest absolute Gasteiger partial charge is 0.298 e. The Morgan fingerprint density at radius 3 is 2.23 bits per heavy atom. The molecule has 1 saturated carbocycles. The zero-order chi connectivity index (χ0) is 16.1. The summed E-state index contributed by atoms with van der Waals surface area (Å²) in [6.45, 7) is 5.07. The van der Waals surface area contributed by atoms with E-state index in [-0.39, 0.29) is 18.4 Å². The topological polar surface area (TPSA) is 54.5 Å². The molecule has 3 rings (SSSR count). The smallest absolute Gasteiger partial charge is 0.220 e. The summed E-state index contributed by atoms with van der Waals surface area (Å²) in [5, 5.41) is 0. The highest BCUT2D eigenvalue weighted by molar-refractivity contribution is 7.90. The molecule has 1 aliphatic heterocycles. The zero-order valence-corrected chi connectivity index (χ0v) is 14.2. The molecule has 1 aliphatic carbocycles. The second-order valence-corrected chi connectivity index (χ2v) is 9.97. The Hall–Kier alpha value is -1.20. The molecule has 120 valence electrons. The van der Waals surface area contributed by atoms with E-state index in [0.29, 0.717) is 12.3 Å². The first-order valence-electron chi connectivity index (χ1n) is 7.84. The van der Waals surface area contributed by atoms with Gasteiger partial charge >= 0.3 is 0 Å². The molecule has 1 saturated heterocycles. The maximum absolute atomic E-state index is 12.9. The highest BCUT2D eigenvalue weighted by Gasteiger charge is 2.46. The van der Waals surface area contributed by atoms with Crippen LogP contribution >= 0.6 is 0 Å². The Bertz CT molecular complexity index is 699. The molecule has 0 radical (unpaired) electrons. The summed E-state index contributed by atoms with van der Waals surface area (Å²) in [4.78, 5) is 12.0. The van der Waals surface area contributed by atoms with Crippen molar-refractivity contribution in [3.63, 3.8) is 0 Å². The summed E-state index contributed by atoms with van der Waals surface area (Å²) in [5.74, 6) is 0.537. The molecule has 0 N–H and O–H groups in total. The first-order chi connectivity index (χ1) is 10.2. The van der Waals surface area contributed by atoms with E-state index in [1.165, 1.54) is 9.87 Å². The number of carbonyl (C=O) groups excluding carboxylic acids is 1. The van der Waals surface area contributed by atoms with Gasteiger partial charge in [-0.25, -0.2) is 8.42 Å². The lowest BCUT2D eigenvalue weighted by Gasteiger charge is -2.31. The van der Waals surface area contributed by atoms with E-state index in [0.717, 1.165) is 18.4 Å². The predicted molar refractivity (Wildman–Crippen MR) is 86.2 cm³/mol. The van der Waals surface area contributed by atoms with Crippen molar-refractivity contribution in [1.29, 1.82) is 0 Å². The van der Waals surface area contributed by atoms with E-state index in [9.17, 15) is 13.2 Å². The number of ketones is 1. The van der Waals surface area contributed by atoms with Crippen LogP contribution in [-0.4, -0.2) is 29.8 Å². The molecule has 0 bridgehead atoms. The van der Waals surface area contributed by atoms with Gasteiger partial charge in [-0.3, -0.25) is 4.79 Å². The van der Waals surface area contributed by atoms with Gasteiger partial charge < -0.3 is 0 Å². The number of carbonyl (C=O) groups is 1. The lowest BCUT2D eigenvalue weighted by Crippen LogP contribution is -2.43. The van der Waals surface area contributed by atoms with Crippen LogP contribution in [0.15, 0.2) is 24.3 Å². The van der Waals surface area contributed by atoms with Crippen molar-refractivity contribution in [2.45, 2.75) is 56.7 Å². The minimum absolute atomic E-state index is 0.00317. The van der Waals surface area contributed by atoms with Crippen LogP contribution in [-0.2, 0) is 14.8 Å². The molecule has 4 nitrogen and oxygen atoms in total. The Labute approximate surface area is 132 Å². The molecule has 1 aromatic rings. The Kier molecular flexibility index (Phi) is 3.68. The molecule has 0 amide bonds. The maximum atomic E-state index is 12.9. The van der Waals surface area contributed by atoms with Crippen molar-refractivity contribution >= 4 is 15.8 Å². The highest BCUT2D eigenvalue weighted by atomic mass is 32.2. The van der Waals surface area contributed by atoms with Gasteiger partial charge in [0.15, 0.2) is 0 Å². The third-order valence-electron chi connectivity index (χ3n) is 4.56. The molecule has 1 heterocycles. The van der Waals surface area contributed by atoms with E-state index >= 15 is 0 Å². The van der Waals surface area contributed by atoms with Crippen molar-refractivity contribution < 1.29 is 13.2 Å².